The lowest BCUT2D eigenvalue weighted by Crippen LogP contribution is -2.40. The second kappa shape index (κ2) is 12.9. The van der Waals surface area contributed by atoms with Gasteiger partial charge in [0.2, 0.25) is 0 Å². The topological polar surface area (TPSA) is 138 Å². The van der Waals surface area contributed by atoms with Crippen molar-refractivity contribution >= 4 is 52.2 Å². The fourth-order valence-electron chi connectivity index (χ4n) is 5.76. The summed E-state index contributed by atoms with van der Waals surface area (Å²) in [7, 11) is -3.78. The van der Waals surface area contributed by atoms with Crippen LogP contribution in [0.25, 0.3) is 22.4 Å². The molecule has 0 saturated carbocycles. The molecule has 12 nitrogen and oxygen atoms in total. The van der Waals surface area contributed by atoms with Crippen molar-refractivity contribution in [2.75, 3.05) is 49.3 Å². The lowest BCUT2D eigenvalue weighted by atomic mass is 10.1. The SMILES string of the molecule is CC(=O)N=S1(=O)CCN(c2ccc(-c3nc4c(cc3Cl)nc(O[C@@H]3CO[C@H]5[C@@H]3OC[C@H]5O)n4COCC[Si](C)(C)C)cc2)CC1. The van der Waals surface area contributed by atoms with Gasteiger partial charge in [-0.25, -0.2) is 9.19 Å². The maximum absolute atomic E-state index is 12.8. The Kier molecular flexibility index (Phi) is 9.27. The number of imidazole rings is 1. The predicted molar refractivity (Wildman–Crippen MR) is 175 cm³/mol. The fraction of sp³-hybridized carbons (Fsp3) is 0.567. The number of nitrogens with zero attached hydrogens (tertiary/aromatic N) is 5. The zero-order valence-corrected chi connectivity index (χ0v) is 28.6. The third-order valence-corrected chi connectivity index (χ3v) is 12.5. The van der Waals surface area contributed by atoms with Gasteiger partial charge in [0.05, 0.1) is 33.7 Å². The second-order valence-electron chi connectivity index (χ2n) is 13.0. The number of pyridine rings is 1. The molecule has 3 saturated heterocycles. The van der Waals surface area contributed by atoms with Crippen LogP contribution in [0.3, 0.4) is 0 Å². The Morgan fingerprint density at radius 1 is 1.13 bits per heavy atom. The third kappa shape index (κ3) is 7.21. The van der Waals surface area contributed by atoms with E-state index in [9.17, 15) is 14.1 Å². The number of aliphatic hydroxyl groups is 1. The van der Waals surface area contributed by atoms with Crippen molar-refractivity contribution in [1.29, 1.82) is 0 Å². The fourth-order valence-corrected chi connectivity index (χ4v) is 8.64. The van der Waals surface area contributed by atoms with Crippen LogP contribution in [0.4, 0.5) is 5.69 Å². The molecule has 45 heavy (non-hydrogen) atoms. The van der Waals surface area contributed by atoms with E-state index in [1.807, 2.05) is 28.8 Å². The molecule has 3 aromatic rings. The molecular formula is C30H40ClN5O7SSi. The Morgan fingerprint density at radius 3 is 2.53 bits per heavy atom. The van der Waals surface area contributed by atoms with Crippen LogP contribution in [0.1, 0.15) is 6.92 Å². The first kappa shape index (κ1) is 32.4. The third-order valence-electron chi connectivity index (χ3n) is 8.26. The van der Waals surface area contributed by atoms with Gasteiger partial charge < -0.3 is 29.0 Å². The quantitative estimate of drug-likeness (QED) is 0.263. The van der Waals surface area contributed by atoms with E-state index in [1.54, 1.807) is 6.07 Å². The molecule has 3 aliphatic rings. The maximum atomic E-state index is 12.8. The summed E-state index contributed by atoms with van der Waals surface area (Å²) in [6.07, 6.45) is -1.93. The van der Waals surface area contributed by atoms with Crippen LogP contribution >= 0.6 is 11.6 Å². The molecule has 15 heteroatoms. The summed E-state index contributed by atoms with van der Waals surface area (Å²) >= 11 is 6.77. The number of hydrogen-bond acceptors (Lipinski definition) is 10. The van der Waals surface area contributed by atoms with Crippen molar-refractivity contribution in [3.05, 3.63) is 35.4 Å². The van der Waals surface area contributed by atoms with E-state index in [-0.39, 0.29) is 32.0 Å². The minimum Gasteiger partial charge on any atom is -0.456 e. The molecule has 2 aromatic heterocycles. The van der Waals surface area contributed by atoms with Gasteiger partial charge in [-0.15, -0.1) is 0 Å². The lowest BCUT2D eigenvalue weighted by Gasteiger charge is -2.30. The summed E-state index contributed by atoms with van der Waals surface area (Å²) < 4.78 is 42.5. The molecule has 5 heterocycles. The normalized spacial score (nSPS) is 24.6. The second-order valence-corrected chi connectivity index (χ2v) is 21.5. The van der Waals surface area contributed by atoms with Gasteiger partial charge in [-0.1, -0.05) is 43.4 Å². The van der Waals surface area contributed by atoms with E-state index in [0.717, 1.165) is 17.3 Å². The first-order valence-corrected chi connectivity index (χ1v) is 21.1. The molecule has 244 valence electrons. The van der Waals surface area contributed by atoms with E-state index in [2.05, 4.69) is 28.9 Å². The van der Waals surface area contributed by atoms with Gasteiger partial charge in [-0.05, 0) is 24.2 Å². The molecule has 1 aromatic carbocycles. The smallest absolute Gasteiger partial charge is 0.301 e. The number of carbonyl (C=O) groups is 1. The number of rotatable bonds is 9. The number of anilines is 1. The predicted octanol–water partition coefficient (Wildman–Crippen LogP) is 3.80. The van der Waals surface area contributed by atoms with E-state index >= 15 is 0 Å². The Morgan fingerprint density at radius 2 is 1.84 bits per heavy atom. The van der Waals surface area contributed by atoms with Crippen molar-refractivity contribution in [2.24, 2.45) is 4.36 Å². The highest BCUT2D eigenvalue weighted by atomic mass is 35.5. The molecule has 1 amide bonds. The van der Waals surface area contributed by atoms with Gasteiger partial charge in [0.1, 0.15) is 30.6 Å². The minimum atomic E-state index is -2.49. The number of benzene rings is 1. The van der Waals surface area contributed by atoms with E-state index < -0.39 is 36.1 Å². The summed E-state index contributed by atoms with van der Waals surface area (Å²) in [4.78, 5) is 23.2. The molecule has 4 atom stereocenters. The first-order chi connectivity index (χ1) is 21.4. The van der Waals surface area contributed by atoms with Crippen LogP contribution in [0.5, 0.6) is 6.01 Å². The summed E-state index contributed by atoms with van der Waals surface area (Å²) in [5.41, 5.74) is 3.55. The van der Waals surface area contributed by atoms with Crippen molar-refractivity contribution in [3.8, 4) is 17.3 Å². The van der Waals surface area contributed by atoms with E-state index in [1.165, 1.54) is 6.92 Å². The van der Waals surface area contributed by atoms with Crippen molar-refractivity contribution in [3.63, 3.8) is 0 Å². The largest absolute Gasteiger partial charge is 0.456 e. The number of ether oxygens (including phenoxy) is 4. The van der Waals surface area contributed by atoms with E-state index in [4.69, 9.17) is 40.5 Å². The van der Waals surface area contributed by atoms with Crippen LogP contribution in [0.15, 0.2) is 34.7 Å². The van der Waals surface area contributed by atoms with Gasteiger partial charge in [0.15, 0.2) is 11.8 Å². The number of halogens is 1. The zero-order chi connectivity index (χ0) is 31.9. The highest BCUT2D eigenvalue weighted by Crippen LogP contribution is 2.34. The molecule has 1 N–H and O–H groups in total. The Bertz CT molecular complexity index is 1670. The summed E-state index contributed by atoms with van der Waals surface area (Å²) in [5, 5.41) is 10.6. The monoisotopic (exact) mass is 677 g/mol. The summed E-state index contributed by atoms with van der Waals surface area (Å²) in [6, 6.07) is 11.0. The zero-order valence-electron chi connectivity index (χ0n) is 26.0. The van der Waals surface area contributed by atoms with Crippen LogP contribution in [-0.2, 0) is 35.5 Å². The molecular weight excluding hydrogens is 638 g/mol. The number of fused-ring (bicyclic) bond motifs is 2. The van der Waals surface area contributed by atoms with Crippen LogP contribution in [0, 0.1) is 0 Å². The standard InChI is InChI=1S/C30H40ClN5O7SSi/c1-19(37)34-44(39)12-9-35(10-13-44)21-7-5-20(6-8-21)26-22(31)15-23-29(33-26)36(18-40-11-14-45(2,3)4)30(32-23)43-25-17-42-27-24(38)16-41-28(25)27/h5-8,15,24-25,27-28,38H,9-14,16-18H2,1-4H3/t24-,25-,27-,28-/m1/s1. The number of amides is 1. The van der Waals surface area contributed by atoms with Crippen LogP contribution < -0.4 is 9.64 Å². The number of carbonyl (C=O) groups excluding carboxylic acids is 1. The Labute approximate surface area is 269 Å². The van der Waals surface area contributed by atoms with Gasteiger partial charge in [-0.2, -0.15) is 9.35 Å². The summed E-state index contributed by atoms with van der Waals surface area (Å²) in [6.45, 7) is 10.6. The van der Waals surface area contributed by atoms with Gasteiger partial charge in [-0.3, -0.25) is 9.36 Å². The number of aromatic nitrogens is 3. The van der Waals surface area contributed by atoms with Crippen LogP contribution in [-0.4, -0.2) is 107 Å². The van der Waals surface area contributed by atoms with Gasteiger partial charge in [0, 0.05) is 57.5 Å². The van der Waals surface area contributed by atoms with Crippen molar-refractivity contribution < 1.29 is 33.1 Å². The first-order valence-electron chi connectivity index (χ1n) is 15.2. The molecule has 0 spiro atoms. The van der Waals surface area contributed by atoms with Crippen molar-refractivity contribution in [1.82, 2.24) is 14.5 Å². The van der Waals surface area contributed by atoms with Gasteiger partial charge in [0.25, 0.3) is 5.91 Å². The van der Waals surface area contributed by atoms with E-state index in [0.29, 0.717) is 59.1 Å². The summed E-state index contributed by atoms with van der Waals surface area (Å²) in [5.74, 6) is 0.322. The molecule has 6 rings (SSSR count). The van der Waals surface area contributed by atoms with Gasteiger partial charge >= 0.3 is 6.01 Å². The molecule has 0 radical (unpaired) electrons. The highest BCUT2D eigenvalue weighted by molar-refractivity contribution is 7.94. The minimum absolute atomic E-state index is 0.197. The molecule has 0 aliphatic carbocycles. The highest BCUT2D eigenvalue weighted by Gasteiger charge is 2.49. The Hall–Kier alpha value is -2.59. The lowest BCUT2D eigenvalue weighted by molar-refractivity contribution is -0.115. The Balaban J connectivity index is 1.25. The average Bonchev–Trinajstić information content (AvgIpc) is 3.65. The van der Waals surface area contributed by atoms with Crippen molar-refractivity contribution in [2.45, 2.75) is 63.8 Å². The molecule has 3 fully saturated rings. The number of aliphatic hydroxyl groups excluding tert-OH is 1. The van der Waals surface area contributed by atoms with Crippen LogP contribution in [0.2, 0.25) is 30.7 Å². The number of hydrogen-bond donors (Lipinski definition) is 1. The maximum Gasteiger partial charge on any atom is 0.301 e. The molecule has 0 bridgehead atoms. The average molecular weight is 678 g/mol. The molecule has 3 aliphatic heterocycles. The molecule has 0 unspecified atom stereocenters.